The zero-order chi connectivity index (χ0) is 15.1. The van der Waals surface area contributed by atoms with Gasteiger partial charge in [-0.3, -0.25) is 14.4 Å². The smallest absolute Gasteiger partial charge is 0.303 e. The van der Waals surface area contributed by atoms with Crippen molar-refractivity contribution in [2.75, 3.05) is 6.61 Å². The van der Waals surface area contributed by atoms with Gasteiger partial charge in [0.15, 0.2) is 12.7 Å². The molecule has 1 rings (SSSR count). The number of Topliss-reactive ketones (excluding diaryl/α,β-unsaturated/α-hetero) is 1. The van der Waals surface area contributed by atoms with Crippen LogP contribution >= 0.6 is 0 Å². The summed E-state index contributed by atoms with van der Waals surface area (Å²) < 4.78 is 9.39. The Balaban J connectivity index is 2.85. The summed E-state index contributed by atoms with van der Waals surface area (Å²) in [7, 11) is 0. The van der Waals surface area contributed by atoms with Crippen LogP contribution in [0.3, 0.4) is 0 Å². The molecule has 0 aliphatic rings. The van der Waals surface area contributed by atoms with Crippen LogP contribution in [0.1, 0.15) is 25.5 Å². The largest absolute Gasteiger partial charge is 0.458 e. The average Bonchev–Trinajstić information content (AvgIpc) is 2.42. The lowest BCUT2D eigenvalue weighted by Crippen LogP contribution is -2.35. The van der Waals surface area contributed by atoms with Crippen LogP contribution in [-0.4, -0.2) is 35.5 Å². The first kappa shape index (κ1) is 15.8. The molecule has 0 aromatic heterocycles. The van der Waals surface area contributed by atoms with Gasteiger partial charge in [-0.2, -0.15) is 0 Å². The number of ketones is 1. The van der Waals surface area contributed by atoms with Crippen molar-refractivity contribution in [1.82, 2.24) is 0 Å². The Labute approximate surface area is 116 Å². The minimum absolute atomic E-state index is 0.426. The molecule has 0 spiro atoms. The monoisotopic (exact) mass is 280 g/mol. The molecule has 0 radical (unpaired) electrons. The third kappa shape index (κ3) is 4.81. The van der Waals surface area contributed by atoms with E-state index in [1.807, 2.05) is 0 Å². The first-order valence-corrected chi connectivity index (χ1v) is 5.98. The summed E-state index contributed by atoms with van der Waals surface area (Å²) in [6.45, 7) is 1.72. The SMILES string of the molecule is CC(=O)OCC(=O)[C@H](OC(C)=O)[C@@H](O)c1ccccc1. The van der Waals surface area contributed by atoms with E-state index in [4.69, 9.17) is 4.74 Å². The maximum Gasteiger partial charge on any atom is 0.303 e. The highest BCUT2D eigenvalue weighted by atomic mass is 16.6. The van der Waals surface area contributed by atoms with Gasteiger partial charge in [0, 0.05) is 13.8 Å². The summed E-state index contributed by atoms with van der Waals surface area (Å²) in [5.74, 6) is -2.03. The maximum absolute atomic E-state index is 11.9. The summed E-state index contributed by atoms with van der Waals surface area (Å²) in [5, 5.41) is 10.1. The first-order chi connectivity index (χ1) is 9.41. The van der Waals surface area contributed by atoms with E-state index in [2.05, 4.69) is 4.74 Å². The van der Waals surface area contributed by atoms with Crippen molar-refractivity contribution in [2.24, 2.45) is 0 Å². The number of ether oxygens (including phenoxy) is 2. The molecule has 0 heterocycles. The molecule has 108 valence electrons. The Morgan fingerprint density at radius 2 is 1.70 bits per heavy atom. The van der Waals surface area contributed by atoms with Crippen LogP contribution in [0.5, 0.6) is 0 Å². The van der Waals surface area contributed by atoms with E-state index in [1.54, 1.807) is 30.3 Å². The fraction of sp³-hybridized carbons (Fsp3) is 0.357. The van der Waals surface area contributed by atoms with Gasteiger partial charge in [0.2, 0.25) is 5.78 Å². The second-order valence-electron chi connectivity index (χ2n) is 4.13. The van der Waals surface area contributed by atoms with Crippen LogP contribution in [0.15, 0.2) is 30.3 Å². The molecule has 20 heavy (non-hydrogen) atoms. The van der Waals surface area contributed by atoms with Gasteiger partial charge in [-0.05, 0) is 5.56 Å². The van der Waals surface area contributed by atoms with Gasteiger partial charge in [-0.15, -0.1) is 0 Å². The zero-order valence-electron chi connectivity index (χ0n) is 11.2. The molecule has 0 aliphatic carbocycles. The molecule has 0 amide bonds. The summed E-state index contributed by atoms with van der Waals surface area (Å²) >= 11 is 0. The standard InChI is InChI=1S/C14H16O6/c1-9(15)19-8-12(17)14(20-10(2)16)13(18)11-6-4-3-5-7-11/h3-7,13-14,18H,8H2,1-2H3/t13-,14-/m0/s1. The predicted molar refractivity (Wildman–Crippen MR) is 68.6 cm³/mol. The van der Waals surface area contributed by atoms with Crippen molar-refractivity contribution in [2.45, 2.75) is 26.1 Å². The number of aliphatic hydroxyl groups excluding tert-OH is 1. The van der Waals surface area contributed by atoms with Gasteiger partial charge in [0.25, 0.3) is 0 Å². The van der Waals surface area contributed by atoms with Gasteiger partial charge in [0.1, 0.15) is 6.10 Å². The van der Waals surface area contributed by atoms with Crippen LogP contribution in [0, 0.1) is 0 Å². The molecule has 6 heteroatoms. The molecule has 1 aromatic carbocycles. The fourth-order valence-electron chi connectivity index (χ4n) is 1.56. The van der Waals surface area contributed by atoms with Crippen molar-refractivity contribution >= 4 is 17.7 Å². The van der Waals surface area contributed by atoms with E-state index in [-0.39, 0.29) is 0 Å². The molecular formula is C14H16O6. The van der Waals surface area contributed by atoms with Crippen molar-refractivity contribution in [3.63, 3.8) is 0 Å². The van der Waals surface area contributed by atoms with Crippen LogP contribution in [-0.2, 0) is 23.9 Å². The van der Waals surface area contributed by atoms with E-state index in [0.717, 1.165) is 13.8 Å². The third-order valence-corrected chi connectivity index (χ3v) is 2.46. The van der Waals surface area contributed by atoms with Crippen LogP contribution in [0.2, 0.25) is 0 Å². The Bertz CT molecular complexity index is 482. The van der Waals surface area contributed by atoms with Crippen molar-refractivity contribution in [3.05, 3.63) is 35.9 Å². The Morgan fingerprint density at radius 1 is 1.10 bits per heavy atom. The van der Waals surface area contributed by atoms with Gasteiger partial charge < -0.3 is 14.6 Å². The lowest BCUT2D eigenvalue weighted by atomic mass is 10.0. The minimum Gasteiger partial charge on any atom is -0.458 e. The zero-order valence-corrected chi connectivity index (χ0v) is 11.2. The molecule has 1 N–H and O–H groups in total. The highest BCUT2D eigenvalue weighted by molar-refractivity contribution is 5.88. The number of hydrogen-bond donors (Lipinski definition) is 1. The van der Waals surface area contributed by atoms with Gasteiger partial charge in [-0.25, -0.2) is 0 Å². The van der Waals surface area contributed by atoms with Gasteiger partial charge >= 0.3 is 11.9 Å². The lowest BCUT2D eigenvalue weighted by molar-refractivity contribution is -0.164. The molecule has 2 atom stereocenters. The highest BCUT2D eigenvalue weighted by Crippen LogP contribution is 2.20. The number of carbonyl (C=O) groups excluding carboxylic acids is 3. The third-order valence-electron chi connectivity index (χ3n) is 2.46. The normalized spacial score (nSPS) is 13.2. The van der Waals surface area contributed by atoms with E-state index < -0.39 is 36.5 Å². The highest BCUT2D eigenvalue weighted by Gasteiger charge is 2.31. The van der Waals surface area contributed by atoms with Crippen LogP contribution in [0.4, 0.5) is 0 Å². The Hall–Kier alpha value is -2.21. The summed E-state index contributed by atoms with van der Waals surface area (Å²) in [6.07, 6.45) is -2.72. The van der Waals surface area contributed by atoms with E-state index in [9.17, 15) is 19.5 Å². The van der Waals surface area contributed by atoms with Crippen molar-refractivity contribution in [1.29, 1.82) is 0 Å². The van der Waals surface area contributed by atoms with E-state index in [1.165, 1.54) is 0 Å². The molecule has 0 saturated heterocycles. The van der Waals surface area contributed by atoms with Crippen LogP contribution in [0.25, 0.3) is 0 Å². The number of esters is 2. The van der Waals surface area contributed by atoms with E-state index >= 15 is 0 Å². The quantitative estimate of drug-likeness (QED) is 0.775. The maximum atomic E-state index is 11.9. The predicted octanol–water partition coefficient (Wildman–Crippen LogP) is 0.784. The number of hydrogen-bond acceptors (Lipinski definition) is 6. The topological polar surface area (TPSA) is 89.9 Å². The molecule has 0 bridgehead atoms. The average molecular weight is 280 g/mol. The molecular weight excluding hydrogens is 264 g/mol. The number of rotatable bonds is 6. The van der Waals surface area contributed by atoms with Gasteiger partial charge in [0.05, 0.1) is 0 Å². The molecule has 0 aliphatic heterocycles. The van der Waals surface area contributed by atoms with Crippen LogP contribution < -0.4 is 0 Å². The number of carbonyl (C=O) groups is 3. The molecule has 0 saturated carbocycles. The lowest BCUT2D eigenvalue weighted by Gasteiger charge is -2.21. The minimum atomic E-state index is -1.41. The summed E-state index contributed by atoms with van der Waals surface area (Å²) in [5.41, 5.74) is 0.426. The molecule has 0 unspecified atom stereocenters. The summed E-state index contributed by atoms with van der Waals surface area (Å²) in [4.78, 5) is 33.6. The Kier molecular flexibility index (Phi) is 5.86. The molecule has 1 aromatic rings. The number of benzene rings is 1. The fourth-order valence-corrected chi connectivity index (χ4v) is 1.56. The van der Waals surface area contributed by atoms with E-state index in [0.29, 0.717) is 5.56 Å². The second kappa shape index (κ2) is 7.40. The molecule has 6 nitrogen and oxygen atoms in total. The second-order valence-corrected chi connectivity index (χ2v) is 4.13. The van der Waals surface area contributed by atoms with Crippen molar-refractivity contribution < 1.29 is 29.0 Å². The van der Waals surface area contributed by atoms with Gasteiger partial charge in [-0.1, -0.05) is 30.3 Å². The number of aliphatic hydroxyl groups is 1. The first-order valence-electron chi connectivity index (χ1n) is 5.98. The van der Waals surface area contributed by atoms with Crippen molar-refractivity contribution in [3.8, 4) is 0 Å². The summed E-state index contributed by atoms with van der Waals surface area (Å²) in [6, 6.07) is 8.30. The Morgan fingerprint density at radius 3 is 2.20 bits per heavy atom. The molecule has 0 fully saturated rings.